The van der Waals surface area contributed by atoms with Crippen LogP contribution in [0.1, 0.15) is 19.4 Å². The molecule has 0 atom stereocenters. The lowest BCUT2D eigenvalue weighted by atomic mass is 10.1. The molecule has 0 heterocycles. The third-order valence-electron chi connectivity index (χ3n) is 2.54. The number of hydrogen-bond acceptors (Lipinski definition) is 2. The lowest BCUT2D eigenvalue weighted by molar-refractivity contribution is 0.448. The Balaban J connectivity index is 2.58. The van der Waals surface area contributed by atoms with Gasteiger partial charge < -0.3 is 10.6 Å². The maximum atomic E-state index is 3.44. The van der Waals surface area contributed by atoms with E-state index in [1.165, 1.54) is 11.3 Å². The van der Waals surface area contributed by atoms with Crippen LogP contribution in [0.2, 0.25) is 0 Å². The van der Waals surface area contributed by atoms with Crippen molar-refractivity contribution >= 4 is 5.69 Å². The van der Waals surface area contributed by atoms with E-state index < -0.39 is 0 Å². The van der Waals surface area contributed by atoms with Gasteiger partial charge in [0, 0.05) is 17.8 Å². The Labute approximate surface area is 86.7 Å². The van der Waals surface area contributed by atoms with Crippen molar-refractivity contribution in [2.24, 2.45) is 0 Å². The lowest BCUT2D eigenvalue weighted by Crippen LogP contribution is -2.42. The van der Waals surface area contributed by atoms with E-state index in [2.05, 4.69) is 55.7 Å². The van der Waals surface area contributed by atoms with Crippen LogP contribution in [0.5, 0.6) is 0 Å². The summed E-state index contributed by atoms with van der Waals surface area (Å²) in [5, 5.41) is 6.71. The quantitative estimate of drug-likeness (QED) is 0.765. The number of para-hydroxylation sites is 1. The van der Waals surface area contributed by atoms with Gasteiger partial charge in [-0.2, -0.15) is 0 Å². The fraction of sp³-hybridized carbons (Fsp3) is 0.500. The van der Waals surface area contributed by atoms with Gasteiger partial charge in [-0.05, 0) is 39.4 Å². The largest absolute Gasteiger partial charge is 0.383 e. The van der Waals surface area contributed by atoms with E-state index in [1.807, 2.05) is 7.05 Å². The second kappa shape index (κ2) is 4.47. The molecule has 14 heavy (non-hydrogen) atoms. The second-order valence-electron chi connectivity index (χ2n) is 4.30. The molecular formula is C12H20N2. The zero-order valence-electron chi connectivity index (χ0n) is 9.52. The second-order valence-corrected chi connectivity index (χ2v) is 4.30. The molecule has 1 rings (SSSR count). The van der Waals surface area contributed by atoms with E-state index in [-0.39, 0.29) is 5.54 Å². The molecule has 0 radical (unpaired) electrons. The normalized spacial score (nSPS) is 11.4. The molecular weight excluding hydrogens is 172 g/mol. The number of aryl methyl sites for hydroxylation is 1. The standard InChI is InChI=1S/C12H20N2/c1-10-7-5-6-8-11(10)14-9-12(2,3)13-4/h5-8,13-14H,9H2,1-4H3. The van der Waals surface area contributed by atoms with Crippen LogP contribution in [-0.2, 0) is 0 Å². The van der Waals surface area contributed by atoms with Gasteiger partial charge in [-0.25, -0.2) is 0 Å². The minimum Gasteiger partial charge on any atom is -0.383 e. The van der Waals surface area contributed by atoms with Crippen molar-refractivity contribution < 1.29 is 0 Å². The van der Waals surface area contributed by atoms with Gasteiger partial charge in [0.25, 0.3) is 0 Å². The van der Waals surface area contributed by atoms with Gasteiger partial charge in [0.1, 0.15) is 0 Å². The molecule has 1 aromatic rings. The van der Waals surface area contributed by atoms with E-state index in [1.54, 1.807) is 0 Å². The number of benzene rings is 1. The van der Waals surface area contributed by atoms with E-state index in [4.69, 9.17) is 0 Å². The predicted octanol–water partition coefficient (Wildman–Crippen LogP) is 2.40. The summed E-state index contributed by atoms with van der Waals surface area (Å²) in [6, 6.07) is 8.35. The summed E-state index contributed by atoms with van der Waals surface area (Å²) >= 11 is 0. The first-order valence-corrected chi connectivity index (χ1v) is 5.03. The molecule has 0 aromatic heterocycles. The van der Waals surface area contributed by atoms with Crippen LogP contribution in [0.4, 0.5) is 5.69 Å². The molecule has 2 nitrogen and oxygen atoms in total. The minimum atomic E-state index is 0.127. The van der Waals surface area contributed by atoms with Crippen LogP contribution < -0.4 is 10.6 Å². The third kappa shape index (κ3) is 3.04. The number of anilines is 1. The van der Waals surface area contributed by atoms with Crippen molar-refractivity contribution in [3.8, 4) is 0 Å². The Morgan fingerprint density at radius 3 is 2.43 bits per heavy atom. The van der Waals surface area contributed by atoms with Gasteiger partial charge in [-0.15, -0.1) is 0 Å². The fourth-order valence-corrected chi connectivity index (χ4v) is 1.18. The maximum Gasteiger partial charge on any atom is 0.0370 e. The smallest absolute Gasteiger partial charge is 0.0370 e. The zero-order chi connectivity index (χ0) is 10.6. The van der Waals surface area contributed by atoms with Crippen molar-refractivity contribution in [1.82, 2.24) is 5.32 Å². The molecule has 0 unspecified atom stereocenters. The van der Waals surface area contributed by atoms with Crippen LogP contribution in [0.15, 0.2) is 24.3 Å². The van der Waals surface area contributed by atoms with E-state index in [0.29, 0.717) is 0 Å². The summed E-state index contributed by atoms with van der Waals surface area (Å²) in [7, 11) is 1.99. The molecule has 0 aliphatic heterocycles. The van der Waals surface area contributed by atoms with Crippen LogP contribution >= 0.6 is 0 Å². The summed E-state index contributed by atoms with van der Waals surface area (Å²) in [6.07, 6.45) is 0. The topological polar surface area (TPSA) is 24.1 Å². The van der Waals surface area contributed by atoms with Crippen molar-refractivity contribution in [1.29, 1.82) is 0 Å². The van der Waals surface area contributed by atoms with Crippen molar-refractivity contribution in [2.75, 3.05) is 18.9 Å². The molecule has 0 saturated heterocycles. The molecule has 1 aromatic carbocycles. The van der Waals surface area contributed by atoms with Crippen LogP contribution in [0.25, 0.3) is 0 Å². The maximum absolute atomic E-state index is 3.44. The average molecular weight is 192 g/mol. The van der Waals surface area contributed by atoms with Crippen molar-refractivity contribution in [3.05, 3.63) is 29.8 Å². The van der Waals surface area contributed by atoms with Gasteiger partial charge in [0.2, 0.25) is 0 Å². The highest BCUT2D eigenvalue weighted by Crippen LogP contribution is 2.14. The number of hydrogen-bond donors (Lipinski definition) is 2. The van der Waals surface area contributed by atoms with Gasteiger partial charge in [0.05, 0.1) is 0 Å². The van der Waals surface area contributed by atoms with Crippen LogP contribution in [-0.4, -0.2) is 19.1 Å². The molecule has 0 aliphatic carbocycles. The Hall–Kier alpha value is -1.02. The number of nitrogens with one attached hydrogen (secondary N) is 2. The van der Waals surface area contributed by atoms with Gasteiger partial charge in [0.15, 0.2) is 0 Å². The summed E-state index contributed by atoms with van der Waals surface area (Å²) in [4.78, 5) is 0. The third-order valence-corrected chi connectivity index (χ3v) is 2.54. The highest BCUT2D eigenvalue weighted by molar-refractivity contribution is 5.50. The van der Waals surface area contributed by atoms with E-state index in [0.717, 1.165) is 6.54 Å². The molecule has 2 heteroatoms. The molecule has 0 amide bonds. The summed E-state index contributed by atoms with van der Waals surface area (Å²) in [5.74, 6) is 0. The van der Waals surface area contributed by atoms with E-state index >= 15 is 0 Å². The SMILES string of the molecule is CNC(C)(C)CNc1ccccc1C. The molecule has 0 bridgehead atoms. The first-order chi connectivity index (χ1) is 6.55. The Morgan fingerprint density at radius 1 is 1.21 bits per heavy atom. The van der Waals surface area contributed by atoms with Gasteiger partial charge >= 0.3 is 0 Å². The monoisotopic (exact) mass is 192 g/mol. The molecule has 78 valence electrons. The Kier molecular flexibility index (Phi) is 3.53. The molecule has 0 aliphatic rings. The minimum absolute atomic E-state index is 0.127. The highest BCUT2D eigenvalue weighted by atomic mass is 15.0. The average Bonchev–Trinajstić information content (AvgIpc) is 2.17. The van der Waals surface area contributed by atoms with Gasteiger partial charge in [-0.3, -0.25) is 0 Å². The predicted molar refractivity (Wildman–Crippen MR) is 62.8 cm³/mol. The zero-order valence-corrected chi connectivity index (χ0v) is 9.52. The number of likely N-dealkylation sites (N-methyl/N-ethyl adjacent to an activating group) is 1. The number of rotatable bonds is 4. The van der Waals surface area contributed by atoms with Crippen molar-refractivity contribution in [2.45, 2.75) is 26.3 Å². The highest BCUT2D eigenvalue weighted by Gasteiger charge is 2.13. The molecule has 0 fully saturated rings. The van der Waals surface area contributed by atoms with E-state index in [9.17, 15) is 0 Å². The first-order valence-electron chi connectivity index (χ1n) is 5.03. The summed E-state index contributed by atoms with van der Waals surface area (Å²) in [5.41, 5.74) is 2.64. The molecule has 2 N–H and O–H groups in total. The van der Waals surface area contributed by atoms with Crippen LogP contribution in [0, 0.1) is 6.92 Å². The Bertz CT molecular complexity index is 292. The lowest BCUT2D eigenvalue weighted by Gasteiger charge is -2.25. The molecule has 0 spiro atoms. The fourth-order valence-electron chi connectivity index (χ4n) is 1.18. The Morgan fingerprint density at radius 2 is 1.86 bits per heavy atom. The van der Waals surface area contributed by atoms with Gasteiger partial charge in [-0.1, -0.05) is 18.2 Å². The molecule has 0 saturated carbocycles. The van der Waals surface area contributed by atoms with Crippen LogP contribution in [0.3, 0.4) is 0 Å². The first kappa shape index (κ1) is 11.1. The summed E-state index contributed by atoms with van der Waals surface area (Å²) < 4.78 is 0. The summed E-state index contributed by atoms with van der Waals surface area (Å²) in [6.45, 7) is 7.40. The van der Waals surface area contributed by atoms with Crippen molar-refractivity contribution in [3.63, 3.8) is 0 Å².